The van der Waals surface area contributed by atoms with Gasteiger partial charge in [-0.1, -0.05) is 13.8 Å². The second-order valence-electron chi connectivity index (χ2n) is 4.31. The fourth-order valence-electron chi connectivity index (χ4n) is 1.56. The summed E-state index contributed by atoms with van der Waals surface area (Å²) in [7, 11) is 1.44. The Morgan fingerprint density at radius 1 is 1.37 bits per heavy atom. The Balaban J connectivity index is 2.92. The van der Waals surface area contributed by atoms with Gasteiger partial charge in [-0.15, -0.1) is 0 Å². The molecule has 0 aliphatic carbocycles. The van der Waals surface area contributed by atoms with Crippen molar-refractivity contribution < 1.29 is 19.5 Å². The van der Waals surface area contributed by atoms with Gasteiger partial charge >= 0.3 is 5.69 Å². The Morgan fingerprint density at radius 3 is 2.47 bits per heavy atom. The molecule has 0 saturated heterocycles. The maximum absolute atomic E-state index is 11.0. The predicted octanol–water partition coefficient (Wildman–Crippen LogP) is 2.53. The van der Waals surface area contributed by atoms with E-state index in [0.29, 0.717) is 18.6 Å². The van der Waals surface area contributed by atoms with Gasteiger partial charge in [0.2, 0.25) is 0 Å². The molecule has 0 spiro atoms. The van der Waals surface area contributed by atoms with Gasteiger partial charge in [-0.3, -0.25) is 10.1 Å². The van der Waals surface area contributed by atoms with E-state index in [4.69, 9.17) is 9.47 Å². The molecule has 1 aromatic rings. The second-order valence-corrected chi connectivity index (χ2v) is 4.31. The van der Waals surface area contributed by atoms with Crippen LogP contribution in [0.2, 0.25) is 0 Å². The van der Waals surface area contributed by atoms with Crippen LogP contribution in [0, 0.1) is 10.1 Å². The largest absolute Gasteiger partial charge is 0.496 e. The molecule has 0 unspecified atom stereocenters. The molecule has 1 aromatic carbocycles. The molecule has 19 heavy (non-hydrogen) atoms. The van der Waals surface area contributed by atoms with E-state index in [1.165, 1.54) is 19.2 Å². The number of ether oxygens (including phenoxy) is 2. The molecule has 6 nitrogen and oxygen atoms in total. The maximum atomic E-state index is 11.0. The van der Waals surface area contributed by atoms with Crippen LogP contribution < -0.4 is 9.47 Å². The molecule has 106 valence electrons. The number of aliphatic hydroxyl groups is 1. The van der Waals surface area contributed by atoms with Gasteiger partial charge in [0.1, 0.15) is 12.4 Å². The zero-order valence-corrected chi connectivity index (χ0v) is 11.4. The SMILES string of the molecule is CCC(O)(CC)COc1ccc(OC)cc1[N+](=O)[O-]. The smallest absolute Gasteiger partial charge is 0.314 e. The Kier molecular flexibility index (Phi) is 5.11. The summed E-state index contributed by atoms with van der Waals surface area (Å²) in [6.45, 7) is 3.71. The fourth-order valence-corrected chi connectivity index (χ4v) is 1.56. The number of benzene rings is 1. The predicted molar refractivity (Wildman–Crippen MR) is 70.7 cm³/mol. The van der Waals surface area contributed by atoms with E-state index in [-0.39, 0.29) is 18.0 Å². The molecule has 0 radical (unpaired) electrons. The highest BCUT2D eigenvalue weighted by atomic mass is 16.6. The van der Waals surface area contributed by atoms with Gasteiger partial charge in [-0.25, -0.2) is 0 Å². The average molecular weight is 269 g/mol. The van der Waals surface area contributed by atoms with E-state index >= 15 is 0 Å². The van der Waals surface area contributed by atoms with Crippen molar-refractivity contribution in [3.8, 4) is 11.5 Å². The molecule has 6 heteroatoms. The van der Waals surface area contributed by atoms with E-state index in [2.05, 4.69) is 0 Å². The topological polar surface area (TPSA) is 81.8 Å². The van der Waals surface area contributed by atoms with Crippen molar-refractivity contribution in [3.63, 3.8) is 0 Å². The molecule has 0 fully saturated rings. The summed E-state index contributed by atoms with van der Waals surface area (Å²) in [6, 6.07) is 4.36. The summed E-state index contributed by atoms with van der Waals surface area (Å²) < 4.78 is 10.3. The van der Waals surface area contributed by atoms with Crippen LogP contribution in [0.4, 0.5) is 5.69 Å². The quantitative estimate of drug-likeness (QED) is 0.607. The molecular formula is C13H19NO5. The number of nitrogens with zero attached hydrogens (tertiary/aromatic N) is 1. The zero-order valence-electron chi connectivity index (χ0n) is 11.4. The molecule has 0 atom stereocenters. The molecule has 0 bridgehead atoms. The van der Waals surface area contributed by atoms with E-state index in [0.717, 1.165) is 0 Å². The number of methoxy groups -OCH3 is 1. The van der Waals surface area contributed by atoms with Crippen molar-refractivity contribution in [1.29, 1.82) is 0 Å². The van der Waals surface area contributed by atoms with Crippen LogP contribution in [0.1, 0.15) is 26.7 Å². The van der Waals surface area contributed by atoms with Crippen LogP contribution in [0.15, 0.2) is 18.2 Å². The fraction of sp³-hybridized carbons (Fsp3) is 0.538. The average Bonchev–Trinajstić information content (AvgIpc) is 2.44. The summed E-state index contributed by atoms with van der Waals surface area (Å²) in [5.74, 6) is 0.520. The van der Waals surface area contributed by atoms with Crippen LogP contribution in [0.3, 0.4) is 0 Å². The van der Waals surface area contributed by atoms with Crippen molar-refractivity contribution in [2.45, 2.75) is 32.3 Å². The number of nitro groups is 1. The highest BCUT2D eigenvalue weighted by Crippen LogP contribution is 2.32. The lowest BCUT2D eigenvalue weighted by atomic mass is 9.99. The summed E-state index contributed by atoms with van der Waals surface area (Å²) >= 11 is 0. The number of hydrogen-bond acceptors (Lipinski definition) is 5. The highest BCUT2D eigenvalue weighted by molar-refractivity contribution is 5.50. The molecule has 0 aliphatic heterocycles. The van der Waals surface area contributed by atoms with Gasteiger partial charge in [-0.05, 0) is 25.0 Å². The number of nitro benzene ring substituents is 1. The van der Waals surface area contributed by atoms with Crippen molar-refractivity contribution >= 4 is 5.69 Å². The molecule has 1 rings (SSSR count). The third-order valence-electron chi connectivity index (χ3n) is 3.18. The van der Waals surface area contributed by atoms with Crippen LogP contribution >= 0.6 is 0 Å². The first kappa shape index (κ1) is 15.2. The van der Waals surface area contributed by atoms with Crippen molar-refractivity contribution in [2.24, 2.45) is 0 Å². The van der Waals surface area contributed by atoms with E-state index < -0.39 is 10.5 Å². The Morgan fingerprint density at radius 2 is 2.00 bits per heavy atom. The van der Waals surface area contributed by atoms with E-state index in [1.807, 2.05) is 13.8 Å². The van der Waals surface area contributed by atoms with Crippen LogP contribution in [-0.2, 0) is 0 Å². The summed E-state index contributed by atoms with van der Waals surface area (Å²) in [6.07, 6.45) is 1.04. The monoisotopic (exact) mass is 269 g/mol. The Hall–Kier alpha value is -1.82. The minimum atomic E-state index is -0.964. The number of rotatable bonds is 7. The summed E-state index contributed by atoms with van der Waals surface area (Å²) in [5.41, 5.74) is -1.14. The Bertz CT molecular complexity index is 443. The van der Waals surface area contributed by atoms with Crippen molar-refractivity contribution in [3.05, 3.63) is 28.3 Å². The first-order chi connectivity index (χ1) is 8.95. The lowest BCUT2D eigenvalue weighted by molar-refractivity contribution is -0.386. The standard InChI is InChI=1S/C13H19NO5/c1-4-13(15,5-2)9-19-12-7-6-10(18-3)8-11(12)14(16)17/h6-8,15H,4-5,9H2,1-3H3. The van der Waals surface area contributed by atoms with E-state index in [1.54, 1.807) is 6.07 Å². The molecule has 0 heterocycles. The molecular weight excluding hydrogens is 250 g/mol. The van der Waals surface area contributed by atoms with Gasteiger partial charge in [0.15, 0.2) is 5.75 Å². The highest BCUT2D eigenvalue weighted by Gasteiger charge is 2.25. The van der Waals surface area contributed by atoms with Gasteiger partial charge in [0.05, 0.1) is 23.7 Å². The van der Waals surface area contributed by atoms with Crippen LogP contribution in [-0.4, -0.2) is 29.3 Å². The third-order valence-corrected chi connectivity index (χ3v) is 3.18. The molecule has 1 N–H and O–H groups in total. The number of hydrogen-bond donors (Lipinski definition) is 1. The first-order valence-corrected chi connectivity index (χ1v) is 6.13. The molecule has 0 aromatic heterocycles. The van der Waals surface area contributed by atoms with Crippen LogP contribution in [0.25, 0.3) is 0 Å². The van der Waals surface area contributed by atoms with Gasteiger partial charge in [-0.2, -0.15) is 0 Å². The van der Waals surface area contributed by atoms with Crippen molar-refractivity contribution in [1.82, 2.24) is 0 Å². The first-order valence-electron chi connectivity index (χ1n) is 6.13. The Labute approximate surface area is 112 Å². The normalized spacial score (nSPS) is 11.2. The van der Waals surface area contributed by atoms with Gasteiger partial charge in [0.25, 0.3) is 0 Å². The molecule has 0 saturated carbocycles. The van der Waals surface area contributed by atoms with Gasteiger partial charge in [0, 0.05) is 0 Å². The molecule has 0 amide bonds. The molecule has 0 aliphatic rings. The second kappa shape index (κ2) is 6.38. The van der Waals surface area contributed by atoms with Gasteiger partial charge < -0.3 is 14.6 Å². The third kappa shape index (κ3) is 3.82. The lowest BCUT2D eigenvalue weighted by Crippen LogP contribution is -2.34. The van der Waals surface area contributed by atoms with Crippen molar-refractivity contribution in [2.75, 3.05) is 13.7 Å². The van der Waals surface area contributed by atoms with E-state index in [9.17, 15) is 15.2 Å². The summed E-state index contributed by atoms with van der Waals surface area (Å²) in [4.78, 5) is 10.4. The lowest BCUT2D eigenvalue weighted by Gasteiger charge is -2.24. The van der Waals surface area contributed by atoms with Crippen LogP contribution in [0.5, 0.6) is 11.5 Å². The minimum absolute atomic E-state index is 0.0210. The zero-order chi connectivity index (χ0) is 14.5. The maximum Gasteiger partial charge on any atom is 0.314 e. The minimum Gasteiger partial charge on any atom is -0.496 e. The summed E-state index contributed by atoms with van der Waals surface area (Å²) in [5, 5.41) is 21.1.